The van der Waals surface area contributed by atoms with Crippen LogP contribution in [0.1, 0.15) is 6.92 Å². The monoisotopic (exact) mass is 210 g/mol. The Morgan fingerprint density at radius 1 is 1.73 bits per heavy atom. The van der Waals surface area contributed by atoms with E-state index in [9.17, 15) is 0 Å². The van der Waals surface area contributed by atoms with Gasteiger partial charge in [0.05, 0.1) is 18.8 Å². The summed E-state index contributed by atoms with van der Waals surface area (Å²) >= 11 is 0. The SMILES string of the molecule is CC1COc2cnc(NCCO)nc2N1. The van der Waals surface area contributed by atoms with Crippen LogP contribution in [0.15, 0.2) is 6.20 Å². The largest absolute Gasteiger partial charge is 0.486 e. The lowest BCUT2D eigenvalue weighted by Crippen LogP contribution is -2.29. The van der Waals surface area contributed by atoms with Gasteiger partial charge >= 0.3 is 0 Å². The van der Waals surface area contributed by atoms with Crippen LogP contribution < -0.4 is 15.4 Å². The zero-order chi connectivity index (χ0) is 10.7. The van der Waals surface area contributed by atoms with E-state index in [-0.39, 0.29) is 12.6 Å². The van der Waals surface area contributed by atoms with E-state index in [2.05, 4.69) is 20.6 Å². The van der Waals surface area contributed by atoms with Crippen LogP contribution in [0.25, 0.3) is 0 Å². The molecule has 0 radical (unpaired) electrons. The molecule has 1 aromatic rings. The molecule has 1 unspecified atom stereocenters. The van der Waals surface area contributed by atoms with Crippen LogP contribution in [0.2, 0.25) is 0 Å². The topological polar surface area (TPSA) is 79.3 Å². The minimum Gasteiger partial charge on any atom is -0.486 e. The summed E-state index contributed by atoms with van der Waals surface area (Å²) in [5, 5.41) is 14.7. The third-order valence-corrected chi connectivity index (χ3v) is 2.02. The van der Waals surface area contributed by atoms with Gasteiger partial charge in [-0.3, -0.25) is 0 Å². The maximum atomic E-state index is 8.65. The maximum absolute atomic E-state index is 8.65. The quantitative estimate of drug-likeness (QED) is 0.655. The average molecular weight is 210 g/mol. The van der Waals surface area contributed by atoms with Gasteiger partial charge in [-0.15, -0.1) is 0 Å². The fourth-order valence-corrected chi connectivity index (χ4v) is 1.32. The van der Waals surface area contributed by atoms with Gasteiger partial charge in [0.15, 0.2) is 11.6 Å². The minimum absolute atomic E-state index is 0.0563. The summed E-state index contributed by atoms with van der Waals surface area (Å²) < 4.78 is 5.43. The van der Waals surface area contributed by atoms with Crippen LogP contribution in [0.5, 0.6) is 5.75 Å². The Kier molecular flexibility index (Phi) is 2.86. The van der Waals surface area contributed by atoms with Crippen LogP contribution in [0, 0.1) is 0 Å². The van der Waals surface area contributed by atoms with E-state index >= 15 is 0 Å². The Morgan fingerprint density at radius 3 is 3.40 bits per heavy atom. The minimum atomic E-state index is 0.0563. The van der Waals surface area contributed by atoms with Crippen molar-refractivity contribution in [3.8, 4) is 5.75 Å². The van der Waals surface area contributed by atoms with Crippen LogP contribution >= 0.6 is 0 Å². The van der Waals surface area contributed by atoms with E-state index in [1.54, 1.807) is 6.20 Å². The molecule has 1 aliphatic rings. The molecular weight excluding hydrogens is 196 g/mol. The molecule has 15 heavy (non-hydrogen) atoms. The highest BCUT2D eigenvalue weighted by Gasteiger charge is 2.17. The molecule has 1 atom stereocenters. The van der Waals surface area contributed by atoms with Crippen LogP contribution in [-0.4, -0.2) is 40.9 Å². The average Bonchev–Trinajstić information content (AvgIpc) is 2.25. The lowest BCUT2D eigenvalue weighted by atomic mass is 10.3. The number of nitrogens with zero attached hydrogens (tertiary/aromatic N) is 2. The first-order valence-electron chi connectivity index (χ1n) is 4.90. The molecule has 6 nitrogen and oxygen atoms in total. The molecule has 0 fully saturated rings. The number of hydrogen-bond acceptors (Lipinski definition) is 6. The molecule has 0 aliphatic carbocycles. The highest BCUT2D eigenvalue weighted by atomic mass is 16.5. The second kappa shape index (κ2) is 4.31. The molecule has 0 bridgehead atoms. The molecule has 0 spiro atoms. The second-order valence-corrected chi connectivity index (χ2v) is 3.41. The van der Waals surface area contributed by atoms with Gasteiger partial charge in [-0.25, -0.2) is 4.98 Å². The van der Waals surface area contributed by atoms with Crippen molar-refractivity contribution in [1.29, 1.82) is 0 Å². The molecule has 1 aliphatic heterocycles. The Labute approximate surface area is 87.7 Å². The molecule has 6 heteroatoms. The van der Waals surface area contributed by atoms with Gasteiger partial charge in [0, 0.05) is 6.54 Å². The van der Waals surface area contributed by atoms with Gasteiger partial charge in [-0.2, -0.15) is 4.98 Å². The van der Waals surface area contributed by atoms with Crippen LogP contribution in [-0.2, 0) is 0 Å². The molecule has 82 valence electrons. The number of hydrogen-bond donors (Lipinski definition) is 3. The van der Waals surface area contributed by atoms with E-state index in [1.807, 2.05) is 6.92 Å². The van der Waals surface area contributed by atoms with Gasteiger partial charge in [0.25, 0.3) is 0 Å². The van der Waals surface area contributed by atoms with Crippen molar-refractivity contribution >= 4 is 11.8 Å². The van der Waals surface area contributed by atoms with Gasteiger partial charge in [0.1, 0.15) is 6.61 Å². The number of rotatable bonds is 3. The Bertz CT molecular complexity index is 345. The van der Waals surface area contributed by atoms with Crippen LogP contribution in [0.4, 0.5) is 11.8 Å². The van der Waals surface area contributed by atoms with E-state index in [0.717, 1.165) is 0 Å². The summed E-state index contributed by atoms with van der Waals surface area (Å²) in [6.45, 7) is 3.14. The summed E-state index contributed by atoms with van der Waals surface area (Å²) in [7, 11) is 0. The smallest absolute Gasteiger partial charge is 0.224 e. The Morgan fingerprint density at radius 2 is 2.60 bits per heavy atom. The van der Waals surface area contributed by atoms with Crippen molar-refractivity contribution in [3.05, 3.63) is 6.20 Å². The van der Waals surface area contributed by atoms with E-state index in [0.29, 0.717) is 30.7 Å². The highest BCUT2D eigenvalue weighted by Crippen LogP contribution is 2.26. The zero-order valence-corrected chi connectivity index (χ0v) is 8.53. The fraction of sp³-hybridized carbons (Fsp3) is 0.556. The first-order valence-corrected chi connectivity index (χ1v) is 4.90. The van der Waals surface area contributed by atoms with E-state index in [4.69, 9.17) is 9.84 Å². The lowest BCUT2D eigenvalue weighted by molar-refractivity contribution is 0.288. The van der Waals surface area contributed by atoms with Crippen molar-refractivity contribution in [2.75, 3.05) is 30.4 Å². The third-order valence-electron chi connectivity index (χ3n) is 2.02. The molecule has 0 saturated carbocycles. The normalized spacial score (nSPS) is 18.7. The first kappa shape index (κ1) is 9.97. The van der Waals surface area contributed by atoms with Crippen molar-refractivity contribution in [2.45, 2.75) is 13.0 Å². The van der Waals surface area contributed by atoms with Crippen molar-refractivity contribution in [2.24, 2.45) is 0 Å². The molecule has 2 rings (SSSR count). The number of anilines is 2. The Hall–Kier alpha value is -1.56. The molecule has 3 N–H and O–H groups in total. The molecule has 1 aromatic heterocycles. The maximum Gasteiger partial charge on any atom is 0.224 e. The van der Waals surface area contributed by atoms with Crippen molar-refractivity contribution < 1.29 is 9.84 Å². The predicted octanol–water partition coefficient (Wildman–Crippen LogP) is 0.0736. The van der Waals surface area contributed by atoms with Gasteiger partial charge < -0.3 is 20.5 Å². The second-order valence-electron chi connectivity index (χ2n) is 3.41. The molecular formula is C9H14N4O2. The van der Waals surface area contributed by atoms with Crippen molar-refractivity contribution in [3.63, 3.8) is 0 Å². The number of fused-ring (bicyclic) bond motifs is 1. The summed E-state index contributed by atoms with van der Waals surface area (Å²) in [5.74, 6) is 1.86. The summed E-state index contributed by atoms with van der Waals surface area (Å²) in [5.41, 5.74) is 0. The molecule has 2 heterocycles. The molecule has 0 amide bonds. The predicted molar refractivity (Wildman–Crippen MR) is 56.2 cm³/mol. The first-order chi connectivity index (χ1) is 7.29. The van der Waals surface area contributed by atoms with Gasteiger partial charge in [-0.05, 0) is 6.92 Å². The fourth-order valence-electron chi connectivity index (χ4n) is 1.32. The molecule has 0 aromatic carbocycles. The zero-order valence-electron chi connectivity index (χ0n) is 8.53. The summed E-state index contributed by atoms with van der Waals surface area (Å²) in [4.78, 5) is 8.29. The number of aliphatic hydroxyl groups is 1. The highest BCUT2D eigenvalue weighted by molar-refractivity contribution is 5.53. The standard InChI is InChI=1S/C9H14N4O2/c1-6-5-15-7-4-11-9(10-2-3-14)13-8(7)12-6/h4,6,14H,2-3,5H2,1H3,(H2,10,11,12,13). The van der Waals surface area contributed by atoms with E-state index < -0.39 is 0 Å². The number of nitrogens with one attached hydrogen (secondary N) is 2. The number of ether oxygens (including phenoxy) is 1. The lowest BCUT2D eigenvalue weighted by Gasteiger charge is -2.23. The Balaban J connectivity index is 2.13. The summed E-state index contributed by atoms with van der Waals surface area (Å²) in [6, 6.07) is 0.248. The van der Waals surface area contributed by atoms with Crippen molar-refractivity contribution in [1.82, 2.24) is 9.97 Å². The molecule has 0 saturated heterocycles. The van der Waals surface area contributed by atoms with Gasteiger partial charge in [0.2, 0.25) is 5.95 Å². The number of aromatic nitrogens is 2. The number of aliphatic hydroxyl groups excluding tert-OH is 1. The third kappa shape index (κ3) is 2.27. The summed E-state index contributed by atoms with van der Waals surface area (Å²) in [6.07, 6.45) is 1.63. The van der Waals surface area contributed by atoms with E-state index in [1.165, 1.54) is 0 Å². The van der Waals surface area contributed by atoms with Gasteiger partial charge in [-0.1, -0.05) is 0 Å². The van der Waals surface area contributed by atoms with Crippen LogP contribution in [0.3, 0.4) is 0 Å².